The standard InChI is InChI=1S/C31H31N3O/c1-31(2,3)26-13-11-23(12-14-26)24-15-16-32-30(20-24)25-7-5-9-28(19-25)35-29-10-6-8-27(21-29)34-18-17-33(4)22-34/h5-21H,22H2,1-4H3. The van der Waals surface area contributed by atoms with Gasteiger partial charge >= 0.3 is 0 Å². The van der Waals surface area contributed by atoms with Crippen LogP contribution in [-0.4, -0.2) is 23.6 Å². The molecule has 1 aliphatic rings. The SMILES string of the molecule is CN1C=CN(c2cccc(Oc3cccc(-c4cc(-c5ccc(C(C)(C)C)cc5)ccn4)c3)c2)C1. The summed E-state index contributed by atoms with van der Waals surface area (Å²) in [5, 5.41) is 0. The molecule has 4 nitrogen and oxygen atoms in total. The number of benzene rings is 3. The number of aromatic nitrogens is 1. The first kappa shape index (κ1) is 22.7. The van der Waals surface area contributed by atoms with Crippen LogP contribution < -0.4 is 9.64 Å². The van der Waals surface area contributed by atoms with E-state index < -0.39 is 0 Å². The topological polar surface area (TPSA) is 28.6 Å². The van der Waals surface area contributed by atoms with Gasteiger partial charge < -0.3 is 14.5 Å². The maximum absolute atomic E-state index is 6.24. The third-order valence-corrected chi connectivity index (χ3v) is 6.24. The van der Waals surface area contributed by atoms with Crippen molar-refractivity contribution < 1.29 is 4.74 Å². The van der Waals surface area contributed by atoms with Crippen LogP contribution in [0.25, 0.3) is 22.4 Å². The molecular weight excluding hydrogens is 430 g/mol. The molecule has 35 heavy (non-hydrogen) atoms. The fourth-order valence-corrected chi connectivity index (χ4v) is 4.21. The van der Waals surface area contributed by atoms with Crippen molar-refractivity contribution in [2.45, 2.75) is 26.2 Å². The zero-order valence-corrected chi connectivity index (χ0v) is 20.8. The minimum absolute atomic E-state index is 0.142. The number of rotatable bonds is 5. The van der Waals surface area contributed by atoms with Gasteiger partial charge in [0.25, 0.3) is 0 Å². The third-order valence-electron chi connectivity index (χ3n) is 6.24. The van der Waals surface area contributed by atoms with E-state index in [1.165, 1.54) is 11.1 Å². The lowest BCUT2D eigenvalue weighted by atomic mass is 9.86. The Morgan fingerprint density at radius 2 is 1.49 bits per heavy atom. The Labute approximate surface area is 208 Å². The molecule has 0 radical (unpaired) electrons. The third kappa shape index (κ3) is 5.22. The summed E-state index contributed by atoms with van der Waals surface area (Å²) in [6.07, 6.45) is 6.02. The lowest BCUT2D eigenvalue weighted by Crippen LogP contribution is -2.21. The molecule has 4 heteroatoms. The Hall–Kier alpha value is -4.05. The second-order valence-electron chi connectivity index (χ2n) is 10.1. The van der Waals surface area contributed by atoms with Crippen LogP contribution in [0.2, 0.25) is 0 Å². The maximum atomic E-state index is 6.24. The first-order valence-corrected chi connectivity index (χ1v) is 12.0. The number of hydrogen-bond acceptors (Lipinski definition) is 4. The van der Waals surface area contributed by atoms with Gasteiger partial charge in [0.15, 0.2) is 0 Å². The zero-order chi connectivity index (χ0) is 24.4. The van der Waals surface area contributed by atoms with E-state index in [4.69, 9.17) is 4.74 Å². The monoisotopic (exact) mass is 461 g/mol. The van der Waals surface area contributed by atoms with E-state index in [-0.39, 0.29) is 5.41 Å². The minimum atomic E-state index is 0.142. The number of pyridine rings is 1. The van der Waals surface area contributed by atoms with Gasteiger partial charge in [-0.1, -0.05) is 63.2 Å². The van der Waals surface area contributed by atoms with Crippen LogP contribution in [0.5, 0.6) is 11.5 Å². The molecule has 3 aromatic carbocycles. The average Bonchev–Trinajstić information content (AvgIpc) is 3.30. The molecule has 0 bridgehead atoms. The second kappa shape index (κ2) is 9.30. The van der Waals surface area contributed by atoms with Gasteiger partial charge in [0.2, 0.25) is 0 Å². The van der Waals surface area contributed by atoms with Crippen molar-refractivity contribution in [2.75, 3.05) is 18.6 Å². The van der Waals surface area contributed by atoms with Gasteiger partial charge in [-0.05, 0) is 58.5 Å². The molecule has 0 unspecified atom stereocenters. The number of hydrogen-bond donors (Lipinski definition) is 0. The van der Waals surface area contributed by atoms with E-state index >= 15 is 0 Å². The van der Waals surface area contributed by atoms with E-state index in [0.717, 1.165) is 40.7 Å². The molecule has 4 aromatic rings. The van der Waals surface area contributed by atoms with Crippen LogP contribution in [0.4, 0.5) is 5.69 Å². The predicted octanol–water partition coefficient (Wildman–Crippen LogP) is 7.69. The molecule has 0 atom stereocenters. The van der Waals surface area contributed by atoms with Crippen LogP contribution in [-0.2, 0) is 5.41 Å². The summed E-state index contributed by atoms with van der Waals surface area (Å²) in [5.74, 6) is 1.60. The molecular formula is C31H31N3O. The molecule has 0 saturated carbocycles. The van der Waals surface area contributed by atoms with Crippen molar-refractivity contribution in [3.8, 4) is 33.9 Å². The zero-order valence-electron chi connectivity index (χ0n) is 20.8. The van der Waals surface area contributed by atoms with Gasteiger partial charge in [0.05, 0.1) is 12.4 Å². The summed E-state index contributed by atoms with van der Waals surface area (Å²) in [6, 6.07) is 29.3. The van der Waals surface area contributed by atoms with Crippen molar-refractivity contribution in [1.82, 2.24) is 9.88 Å². The van der Waals surface area contributed by atoms with Crippen molar-refractivity contribution in [1.29, 1.82) is 0 Å². The average molecular weight is 462 g/mol. The quantitative estimate of drug-likeness (QED) is 0.305. The highest BCUT2D eigenvalue weighted by molar-refractivity contribution is 5.71. The number of anilines is 1. The molecule has 0 N–H and O–H groups in total. The highest BCUT2D eigenvalue weighted by Gasteiger charge is 2.14. The van der Waals surface area contributed by atoms with E-state index in [9.17, 15) is 0 Å². The molecule has 0 fully saturated rings. The van der Waals surface area contributed by atoms with Crippen LogP contribution in [0, 0.1) is 0 Å². The van der Waals surface area contributed by atoms with E-state index in [1.54, 1.807) is 0 Å². The first-order chi connectivity index (χ1) is 16.8. The summed E-state index contributed by atoms with van der Waals surface area (Å²) in [6.45, 7) is 7.54. The minimum Gasteiger partial charge on any atom is -0.457 e. The second-order valence-corrected chi connectivity index (χ2v) is 10.1. The summed E-state index contributed by atoms with van der Waals surface area (Å²) in [5.41, 5.74) is 6.86. The summed E-state index contributed by atoms with van der Waals surface area (Å²) < 4.78 is 6.24. The van der Waals surface area contributed by atoms with Crippen molar-refractivity contribution in [3.63, 3.8) is 0 Å². The molecule has 0 spiro atoms. The predicted molar refractivity (Wildman–Crippen MR) is 145 cm³/mol. The lowest BCUT2D eigenvalue weighted by Gasteiger charge is -2.19. The largest absolute Gasteiger partial charge is 0.457 e. The number of nitrogens with zero attached hydrogens (tertiary/aromatic N) is 3. The Morgan fingerprint density at radius 3 is 2.20 bits per heavy atom. The highest BCUT2D eigenvalue weighted by atomic mass is 16.5. The molecule has 0 aliphatic carbocycles. The van der Waals surface area contributed by atoms with Crippen molar-refractivity contribution in [2.24, 2.45) is 0 Å². The van der Waals surface area contributed by atoms with Crippen molar-refractivity contribution >= 4 is 5.69 Å². The van der Waals surface area contributed by atoms with Crippen LogP contribution >= 0.6 is 0 Å². The Kier molecular flexibility index (Phi) is 6.04. The smallest absolute Gasteiger partial charge is 0.129 e. The first-order valence-electron chi connectivity index (χ1n) is 12.0. The fourth-order valence-electron chi connectivity index (χ4n) is 4.21. The van der Waals surface area contributed by atoms with Gasteiger partial charge in [-0.15, -0.1) is 0 Å². The molecule has 2 heterocycles. The summed E-state index contributed by atoms with van der Waals surface area (Å²) in [4.78, 5) is 8.96. The molecule has 1 aliphatic heterocycles. The Bertz CT molecular complexity index is 1350. The van der Waals surface area contributed by atoms with Crippen LogP contribution in [0.3, 0.4) is 0 Å². The normalized spacial score (nSPS) is 13.4. The number of ether oxygens (including phenoxy) is 1. The van der Waals surface area contributed by atoms with Gasteiger partial charge in [0.1, 0.15) is 11.5 Å². The highest BCUT2D eigenvalue weighted by Crippen LogP contribution is 2.32. The van der Waals surface area contributed by atoms with E-state index in [0.29, 0.717) is 0 Å². The van der Waals surface area contributed by atoms with Crippen molar-refractivity contribution in [3.05, 3.63) is 109 Å². The summed E-state index contributed by atoms with van der Waals surface area (Å²) >= 11 is 0. The van der Waals surface area contributed by atoms with Gasteiger partial charge in [0, 0.05) is 43.0 Å². The van der Waals surface area contributed by atoms with Crippen LogP contribution in [0.1, 0.15) is 26.3 Å². The van der Waals surface area contributed by atoms with E-state index in [1.807, 2.05) is 36.5 Å². The van der Waals surface area contributed by atoms with Crippen LogP contribution in [0.15, 0.2) is 104 Å². The van der Waals surface area contributed by atoms with Gasteiger partial charge in [-0.3, -0.25) is 4.98 Å². The Morgan fingerprint density at radius 1 is 0.743 bits per heavy atom. The molecule has 0 amide bonds. The Balaban J connectivity index is 1.36. The molecule has 5 rings (SSSR count). The fraction of sp³-hybridized carbons (Fsp3) is 0.194. The molecule has 0 saturated heterocycles. The van der Waals surface area contributed by atoms with E-state index in [2.05, 4.69) is 110 Å². The lowest BCUT2D eigenvalue weighted by molar-refractivity contribution is 0.481. The van der Waals surface area contributed by atoms with Gasteiger partial charge in [-0.25, -0.2) is 0 Å². The summed E-state index contributed by atoms with van der Waals surface area (Å²) in [7, 11) is 2.06. The van der Waals surface area contributed by atoms with Gasteiger partial charge in [-0.2, -0.15) is 0 Å². The molecule has 1 aromatic heterocycles. The maximum Gasteiger partial charge on any atom is 0.129 e. The molecule has 176 valence electrons.